The van der Waals surface area contributed by atoms with E-state index < -0.39 is 17.7 Å². The summed E-state index contributed by atoms with van der Waals surface area (Å²) in [7, 11) is 1.30. The van der Waals surface area contributed by atoms with Gasteiger partial charge in [-0.15, -0.1) is 0 Å². The molecule has 1 aliphatic heterocycles. The standard InChI is InChI=1S/C16H20F3N3O2/c1-24-15(23)14(10-20)22-8-6-21(7-9-22)11-12-2-4-13(5-3-12)16(17,18)19/h2-5,10H,6-9,11,20H2,1H3/b14-10+. The summed E-state index contributed by atoms with van der Waals surface area (Å²) in [6, 6.07) is 5.18. The minimum atomic E-state index is -4.32. The molecule has 24 heavy (non-hydrogen) atoms. The second-order valence-electron chi connectivity index (χ2n) is 5.50. The quantitative estimate of drug-likeness (QED) is 0.667. The second kappa shape index (κ2) is 7.57. The molecule has 1 aromatic carbocycles. The largest absolute Gasteiger partial charge is 0.464 e. The van der Waals surface area contributed by atoms with Gasteiger partial charge in [-0.2, -0.15) is 13.2 Å². The predicted octanol–water partition coefficient (Wildman–Crippen LogP) is 1.80. The number of hydrogen-bond donors (Lipinski definition) is 1. The van der Waals surface area contributed by atoms with Gasteiger partial charge in [-0.25, -0.2) is 4.79 Å². The summed E-state index contributed by atoms with van der Waals surface area (Å²) in [5, 5.41) is 0. The number of hydrogen-bond acceptors (Lipinski definition) is 5. The van der Waals surface area contributed by atoms with Crippen LogP contribution >= 0.6 is 0 Å². The Hall–Kier alpha value is -2.22. The highest BCUT2D eigenvalue weighted by molar-refractivity contribution is 5.87. The molecular formula is C16H20F3N3O2. The number of ether oxygens (including phenoxy) is 1. The van der Waals surface area contributed by atoms with Crippen molar-refractivity contribution in [2.45, 2.75) is 12.7 Å². The fraction of sp³-hybridized carbons (Fsp3) is 0.438. The third-order valence-electron chi connectivity index (χ3n) is 3.95. The highest BCUT2D eigenvalue weighted by Crippen LogP contribution is 2.29. The van der Waals surface area contributed by atoms with Crippen molar-refractivity contribution < 1.29 is 22.7 Å². The van der Waals surface area contributed by atoms with Crippen LogP contribution in [0.2, 0.25) is 0 Å². The third-order valence-corrected chi connectivity index (χ3v) is 3.95. The van der Waals surface area contributed by atoms with Crippen LogP contribution in [-0.2, 0) is 22.3 Å². The molecule has 1 heterocycles. The van der Waals surface area contributed by atoms with Crippen LogP contribution in [0.3, 0.4) is 0 Å². The van der Waals surface area contributed by atoms with E-state index in [9.17, 15) is 18.0 Å². The van der Waals surface area contributed by atoms with Gasteiger partial charge in [0.2, 0.25) is 0 Å². The van der Waals surface area contributed by atoms with Crippen molar-refractivity contribution >= 4 is 5.97 Å². The molecule has 0 radical (unpaired) electrons. The average Bonchev–Trinajstić information content (AvgIpc) is 2.56. The van der Waals surface area contributed by atoms with Gasteiger partial charge in [0.1, 0.15) is 5.70 Å². The van der Waals surface area contributed by atoms with Crippen molar-refractivity contribution in [1.82, 2.24) is 9.80 Å². The fourth-order valence-electron chi connectivity index (χ4n) is 2.61. The zero-order valence-electron chi connectivity index (χ0n) is 13.3. The average molecular weight is 343 g/mol. The van der Waals surface area contributed by atoms with Gasteiger partial charge < -0.3 is 15.4 Å². The van der Waals surface area contributed by atoms with Gasteiger partial charge in [0.15, 0.2) is 0 Å². The molecule has 0 aromatic heterocycles. The molecule has 8 heteroatoms. The number of nitrogens with zero attached hydrogens (tertiary/aromatic N) is 2. The molecule has 5 nitrogen and oxygen atoms in total. The Morgan fingerprint density at radius 1 is 1.21 bits per heavy atom. The van der Waals surface area contributed by atoms with E-state index in [1.165, 1.54) is 25.4 Å². The molecule has 0 saturated carbocycles. The van der Waals surface area contributed by atoms with Crippen molar-refractivity contribution in [3.63, 3.8) is 0 Å². The maximum absolute atomic E-state index is 12.6. The van der Waals surface area contributed by atoms with Gasteiger partial charge in [0.05, 0.1) is 12.7 Å². The first-order chi connectivity index (χ1) is 11.3. The van der Waals surface area contributed by atoms with Crippen molar-refractivity contribution in [2.24, 2.45) is 5.73 Å². The minimum Gasteiger partial charge on any atom is -0.464 e. The smallest absolute Gasteiger partial charge is 0.416 e. The molecular weight excluding hydrogens is 323 g/mol. The summed E-state index contributed by atoms with van der Waals surface area (Å²) in [5.74, 6) is -0.478. The summed E-state index contributed by atoms with van der Waals surface area (Å²) in [6.45, 7) is 3.11. The van der Waals surface area contributed by atoms with Crippen molar-refractivity contribution in [3.05, 3.63) is 47.3 Å². The van der Waals surface area contributed by atoms with E-state index in [1.54, 1.807) is 0 Å². The molecule has 1 aromatic rings. The summed E-state index contributed by atoms with van der Waals surface area (Å²) in [5.41, 5.74) is 5.98. The van der Waals surface area contributed by atoms with Crippen LogP contribution in [0.4, 0.5) is 13.2 Å². The predicted molar refractivity (Wildman–Crippen MR) is 82.6 cm³/mol. The highest BCUT2D eigenvalue weighted by atomic mass is 19.4. The first-order valence-corrected chi connectivity index (χ1v) is 7.49. The molecule has 2 rings (SSSR count). The molecule has 2 N–H and O–H groups in total. The number of benzene rings is 1. The fourth-order valence-corrected chi connectivity index (χ4v) is 2.61. The Morgan fingerprint density at radius 2 is 1.79 bits per heavy atom. The lowest BCUT2D eigenvalue weighted by Crippen LogP contribution is -2.46. The van der Waals surface area contributed by atoms with Crippen molar-refractivity contribution in [1.29, 1.82) is 0 Å². The minimum absolute atomic E-state index is 0.326. The number of nitrogens with two attached hydrogens (primary N) is 1. The van der Waals surface area contributed by atoms with Crippen LogP contribution in [0.1, 0.15) is 11.1 Å². The number of carbonyl (C=O) groups excluding carboxylic acids is 1. The van der Waals surface area contributed by atoms with E-state index in [4.69, 9.17) is 5.73 Å². The SMILES string of the molecule is COC(=O)/C(=C\N)N1CCN(Cc2ccc(C(F)(F)F)cc2)CC1. The zero-order chi connectivity index (χ0) is 17.7. The van der Waals surface area contributed by atoms with Gasteiger partial charge >= 0.3 is 12.1 Å². The van der Waals surface area contributed by atoms with E-state index >= 15 is 0 Å². The van der Waals surface area contributed by atoms with E-state index in [0.29, 0.717) is 38.4 Å². The van der Waals surface area contributed by atoms with E-state index in [-0.39, 0.29) is 0 Å². The molecule has 0 spiro atoms. The summed E-state index contributed by atoms with van der Waals surface area (Å²) >= 11 is 0. The normalized spacial score (nSPS) is 17.0. The maximum Gasteiger partial charge on any atom is 0.416 e. The summed E-state index contributed by atoms with van der Waals surface area (Å²) in [4.78, 5) is 15.6. The number of carbonyl (C=O) groups is 1. The van der Waals surface area contributed by atoms with Crippen molar-refractivity contribution in [2.75, 3.05) is 33.3 Å². The van der Waals surface area contributed by atoms with E-state index in [1.807, 2.05) is 4.90 Å². The Labute approximate surface area is 138 Å². The van der Waals surface area contributed by atoms with Crippen LogP contribution < -0.4 is 5.73 Å². The molecule has 0 atom stereocenters. The Bertz CT molecular complexity index is 592. The lowest BCUT2D eigenvalue weighted by Gasteiger charge is -2.36. The van der Waals surface area contributed by atoms with Gasteiger partial charge in [-0.05, 0) is 17.7 Å². The van der Waals surface area contributed by atoms with Gasteiger partial charge in [-0.3, -0.25) is 4.90 Å². The topological polar surface area (TPSA) is 58.8 Å². The first kappa shape index (κ1) is 18.1. The molecule has 1 fully saturated rings. The molecule has 132 valence electrons. The number of methoxy groups -OCH3 is 1. The number of rotatable bonds is 4. The molecule has 1 saturated heterocycles. The molecule has 0 unspecified atom stereocenters. The highest BCUT2D eigenvalue weighted by Gasteiger charge is 2.30. The number of halogens is 3. The summed E-state index contributed by atoms with van der Waals surface area (Å²) < 4.78 is 42.4. The molecule has 0 aliphatic carbocycles. The van der Waals surface area contributed by atoms with E-state index in [0.717, 1.165) is 17.7 Å². The van der Waals surface area contributed by atoms with Gasteiger partial charge in [0.25, 0.3) is 0 Å². The lowest BCUT2D eigenvalue weighted by atomic mass is 10.1. The Kier molecular flexibility index (Phi) is 5.71. The van der Waals surface area contributed by atoms with Crippen LogP contribution in [0.25, 0.3) is 0 Å². The number of piperazine rings is 1. The zero-order valence-corrected chi connectivity index (χ0v) is 13.3. The van der Waals surface area contributed by atoms with Crippen LogP contribution in [0.15, 0.2) is 36.2 Å². The van der Waals surface area contributed by atoms with Crippen molar-refractivity contribution in [3.8, 4) is 0 Å². The van der Waals surface area contributed by atoms with Crippen LogP contribution in [-0.4, -0.2) is 49.1 Å². The third kappa shape index (κ3) is 4.41. The van der Waals surface area contributed by atoms with Crippen LogP contribution in [0, 0.1) is 0 Å². The van der Waals surface area contributed by atoms with E-state index in [2.05, 4.69) is 9.64 Å². The van der Waals surface area contributed by atoms with Crippen LogP contribution in [0.5, 0.6) is 0 Å². The number of esters is 1. The summed E-state index contributed by atoms with van der Waals surface area (Å²) in [6.07, 6.45) is -3.08. The number of alkyl halides is 3. The Balaban J connectivity index is 1.90. The second-order valence-corrected chi connectivity index (χ2v) is 5.50. The van der Waals surface area contributed by atoms with Gasteiger partial charge in [-0.1, -0.05) is 12.1 Å². The maximum atomic E-state index is 12.6. The lowest BCUT2D eigenvalue weighted by molar-refractivity contribution is -0.138. The monoisotopic (exact) mass is 343 g/mol. The molecule has 1 aliphatic rings. The Morgan fingerprint density at radius 3 is 2.25 bits per heavy atom. The first-order valence-electron chi connectivity index (χ1n) is 7.49. The molecule has 0 bridgehead atoms. The molecule has 0 amide bonds. The van der Waals surface area contributed by atoms with Gasteiger partial charge in [0, 0.05) is 38.9 Å².